The molecule has 2 rings (SSSR count). The standard InChI is InChI=1S/C16H15ClFNO2/c1-10-3-6-15(21-2)11(7-10)8-16(20)19-12-4-5-14(18)13(17)9-12/h3-7,9H,8H2,1-2H3,(H,19,20). The van der Waals surface area contributed by atoms with Gasteiger partial charge < -0.3 is 10.1 Å². The molecule has 0 atom stereocenters. The summed E-state index contributed by atoms with van der Waals surface area (Å²) in [6.45, 7) is 1.95. The summed E-state index contributed by atoms with van der Waals surface area (Å²) in [7, 11) is 1.56. The van der Waals surface area contributed by atoms with Crippen molar-refractivity contribution >= 4 is 23.2 Å². The normalized spacial score (nSPS) is 10.3. The van der Waals surface area contributed by atoms with Gasteiger partial charge in [-0.15, -0.1) is 0 Å². The van der Waals surface area contributed by atoms with E-state index in [-0.39, 0.29) is 17.4 Å². The van der Waals surface area contributed by atoms with Crippen molar-refractivity contribution in [3.63, 3.8) is 0 Å². The average molecular weight is 308 g/mol. The first-order chi connectivity index (χ1) is 9.99. The van der Waals surface area contributed by atoms with Crippen LogP contribution in [0.1, 0.15) is 11.1 Å². The molecule has 5 heteroatoms. The number of halogens is 2. The summed E-state index contributed by atoms with van der Waals surface area (Å²) in [5, 5.41) is 2.66. The predicted octanol–water partition coefficient (Wildman–Crippen LogP) is 3.98. The lowest BCUT2D eigenvalue weighted by atomic mass is 10.1. The van der Waals surface area contributed by atoms with E-state index in [1.807, 2.05) is 25.1 Å². The van der Waals surface area contributed by atoms with Crippen LogP contribution in [0.2, 0.25) is 5.02 Å². The van der Waals surface area contributed by atoms with Crippen molar-refractivity contribution in [1.82, 2.24) is 0 Å². The summed E-state index contributed by atoms with van der Waals surface area (Å²) in [4.78, 5) is 12.1. The Morgan fingerprint density at radius 1 is 1.29 bits per heavy atom. The molecule has 1 amide bonds. The number of aryl methyl sites for hydroxylation is 1. The maximum Gasteiger partial charge on any atom is 0.228 e. The Balaban J connectivity index is 2.11. The van der Waals surface area contributed by atoms with Crippen LogP contribution in [0, 0.1) is 12.7 Å². The fourth-order valence-corrected chi connectivity index (χ4v) is 2.18. The van der Waals surface area contributed by atoms with Crippen molar-refractivity contribution in [2.24, 2.45) is 0 Å². The van der Waals surface area contributed by atoms with E-state index in [9.17, 15) is 9.18 Å². The van der Waals surface area contributed by atoms with Gasteiger partial charge in [-0.05, 0) is 31.2 Å². The number of rotatable bonds is 4. The van der Waals surface area contributed by atoms with Crippen molar-refractivity contribution in [2.75, 3.05) is 12.4 Å². The van der Waals surface area contributed by atoms with Gasteiger partial charge >= 0.3 is 0 Å². The summed E-state index contributed by atoms with van der Waals surface area (Å²) < 4.78 is 18.3. The van der Waals surface area contributed by atoms with Gasteiger partial charge in [-0.25, -0.2) is 4.39 Å². The van der Waals surface area contributed by atoms with Crippen molar-refractivity contribution in [2.45, 2.75) is 13.3 Å². The molecule has 3 nitrogen and oxygen atoms in total. The summed E-state index contributed by atoms with van der Waals surface area (Å²) in [5.41, 5.74) is 2.30. The number of hydrogen-bond donors (Lipinski definition) is 1. The van der Waals surface area contributed by atoms with Crippen molar-refractivity contribution in [3.05, 3.63) is 58.4 Å². The largest absolute Gasteiger partial charge is 0.496 e. The zero-order valence-corrected chi connectivity index (χ0v) is 12.5. The van der Waals surface area contributed by atoms with Gasteiger partial charge in [0, 0.05) is 11.3 Å². The molecule has 0 radical (unpaired) electrons. The molecule has 0 saturated carbocycles. The van der Waals surface area contributed by atoms with Gasteiger partial charge in [-0.3, -0.25) is 4.79 Å². The highest BCUT2D eigenvalue weighted by Gasteiger charge is 2.10. The minimum absolute atomic E-state index is 0.0269. The van der Waals surface area contributed by atoms with E-state index in [2.05, 4.69) is 5.32 Å². The molecule has 110 valence electrons. The maximum atomic E-state index is 13.1. The Hall–Kier alpha value is -2.07. The maximum absolute atomic E-state index is 13.1. The molecule has 0 saturated heterocycles. The van der Waals surface area contributed by atoms with Crippen molar-refractivity contribution in [1.29, 1.82) is 0 Å². The molecule has 2 aromatic carbocycles. The Bertz CT molecular complexity index is 673. The highest BCUT2D eigenvalue weighted by molar-refractivity contribution is 6.31. The van der Waals surface area contributed by atoms with Crippen LogP contribution in [-0.2, 0) is 11.2 Å². The molecule has 0 bridgehead atoms. The number of benzene rings is 2. The number of hydrogen-bond acceptors (Lipinski definition) is 2. The molecule has 1 N–H and O–H groups in total. The lowest BCUT2D eigenvalue weighted by Gasteiger charge is -2.10. The Kier molecular flexibility index (Phi) is 4.81. The van der Waals surface area contributed by atoms with E-state index < -0.39 is 5.82 Å². The fraction of sp³-hybridized carbons (Fsp3) is 0.188. The third kappa shape index (κ3) is 3.95. The smallest absolute Gasteiger partial charge is 0.228 e. The second kappa shape index (κ2) is 6.59. The first-order valence-corrected chi connectivity index (χ1v) is 6.76. The summed E-state index contributed by atoms with van der Waals surface area (Å²) in [6, 6.07) is 9.70. The molecule has 21 heavy (non-hydrogen) atoms. The molecule has 0 aliphatic heterocycles. The molecule has 2 aromatic rings. The summed E-state index contributed by atoms with van der Waals surface area (Å²) in [6.07, 6.45) is 0.167. The quantitative estimate of drug-likeness (QED) is 0.928. The van der Waals surface area contributed by atoms with E-state index in [1.54, 1.807) is 7.11 Å². The van der Waals surface area contributed by atoms with E-state index in [0.717, 1.165) is 11.1 Å². The second-order valence-electron chi connectivity index (χ2n) is 4.67. The van der Waals surface area contributed by atoms with Crippen LogP contribution in [-0.4, -0.2) is 13.0 Å². The highest BCUT2D eigenvalue weighted by Crippen LogP contribution is 2.22. The molecular weight excluding hydrogens is 293 g/mol. The van der Waals surface area contributed by atoms with Crippen LogP contribution in [0.15, 0.2) is 36.4 Å². The van der Waals surface area contributed by atoms with Crippen LogP contribution < -0.4 is 10.1 Å². The first-order valence-electron chi connectivity index (χ1n) is 6.38. The Labute approximate surface area is 127 Å². The number of methoxy groups -OCH3 is 1. The van der Waals surface area contributed by atoms with Gasteiger partial charge in [0.05, 0.1) is 18.6 Å². The number of nitrogens with one attached hydrogen (secondary N) is 1. The number of amides is 1. The summed E-state index contributed by atoms with van der Waals surface area (Å²) >= 11 is 5.68. The fourth-order valence-electron chi connectivity index (χ4n) is 2.00. The first kappa shape index (κ1) is 15.3. The van der Waals surface area contributed by atoms with E-state index in [4.69, 9.17) is 16.3 Å². The van der Waals surface area contributed by atoms with Crippen LogP contribution >= 0.6 is 11.6 Å². The number of carbonyl (C=O) groups excluding carboxylic acids is 1. The highest BCUT2D eigenvalue weighted by atomic mass is 35.5. The lowest BCUT2D eigenvalue weighted by molar-refractivity contribution is -0.115. The molecule has 0 heterocycles. The minimum atomic E-state index is -0.519. The van der Waals surface area contributed by atoms with Gasteiger partial charge in [0.2, 0.25) is 5.91 Å². The van der Waals surface area contributed by atoms with Gasteiger partial charge in [0.1, 0.15) is 11.6 Å². The lowest BCUT2D eigenvalue weighted by Crippen LogP contribution is -2.15. The van der Waals surface area contributed by atoms with Gasteiger partial charge in [0.25, 0.3) is 0 Å². The third-order valence-corrected chi connectivity index (χ3v) is 3.28. The SMILES string of the molecule is COc1ccc(C)cc1CC(=O)Nc1ccc(F)c(Cl)c1. The monoisotopic (exact) mass is 307 g/mol. The third-order valence-electron chi connectivity index (χ3n) is 2.99. The van der Waals surface area contributed by atoms with E-state index >= 15 is 0 Å². The van der Waals surface area contributed by atoms with Crippen molar-refractivity contribution in [3.8, 4) is 5.75 Å². The Morgan fingerprint density at radius 3 is 2.71 bits per heavy atom. The minimum Gasteiger partial charge on any atom is -0.496 e. The molecule has 0 aromatic heterocycles. The van der Waals surface area contributed by atoms with Crippen LogP contribution in [0.5, 0.6) is 5.75 Å². The molecule has 0 aliphatic rings. The molecular formula is C16H15ClFNO2. The van der Waals surface area contributed by atoms with Crippen LogP contribution in [0.3, 0.4) is 0 Å². The second-order valence-corrected chi connectivity index (χ2v) is 5.08. The van der Waals surface area contributed by atoms with Gasteiger partial charge in [0.15, 0.2) is 0 Å². The van der Waals surface area contributed by atoms with Crippen LogP contribution in [0.4, 0.5) is 10.1 Å². The molecule has 0 fully saturated rings. The molecule has 0 aliphatic carbocycles. The number of anilines is 1. The van der Waals surface area contributed by atoms with Crippen LogP contribution in [0.25, 0.3) is 0 Å². The zero-order chi connectivity index (χ0) is 15.4. The van der Waals surface area contributed by atoms with Gasteiger partial charge in [-0.1, -0.05) is 29.3 Å². The molecule has 0 spiro atoms. The predicted molar refractivity (Wildman–Crippen MR) is 81.5 cm³/mol. The average Bonchev–Trinajstić information content (AvgIpc) is 2.43. The zero-order valence-electron chi connectivity index (χ0n) is 11.7. The topological polar surface area (TPSA) is 38.3 Å². The van der Waals surface area contributed by atoms with E-state index in [0.29, 0.717) is 11.4 Å². The molecule has 0 unspecified atom stereocenters. The number of ether oxygens (including phenoxy) is 1. The van der Waals surface area contributed by atoms with Crippen molar-refractivity contribution < 1.29 is 13.9 Å². The number of carbonyl (C=O) groups is 1. The Morgan fingerprint density at radius 2 is 2.05 bits per heavy atom. The van der Waals surface area contributed by atoms with E-state index in [1.165, 1.54) is 18.2 Å². The summed E-state index contributed by atoms with van der Waals surface area (Å²) in [5.74, 6) is -0.0792. The van der Waals surface area contributed by atoms with Gasteiger partial charge in [-0.2, -0.15) is 0 Å².